The highest BCUT2D eigenvalue weighted by Gasteiger charge is 2.07. The smallest absolute Gasteiger partial charge is 0.338 e. The summed E-state index contributed by atoms with van der Waals surface area (Å²) in [6.07, 6.45) is 5.81. The molecule has 2 heterocycles. The highest BCUT2D eigenvalue weighted by molar-refractivity contribution is 5.86. The predicted octanol–water partition coefficient (Wildman–Crippen LogP) is 3.15. The number of nitrogens with zero attached hydrogens (tertiary/aromatic N) is 3. The fourth-order valence-corrected chi connectivity index (χ4v) is 2.44. The lowest BCUT2D eigenvalue weighted by atomic mass is 10.3. The van der Waals surface area contributed by atoms with Crippen molar-refractivity contribution in [1.29, 1.82) is 0 Å². The summed E-state index contributed by atoms with van der Waals surface area (Å²) in [5.74, 6) is -0.201. The Kier molecular flexibility index (Phi) is 4.65. The maximum absolute atomic E-state index is 10.9. The van der Waals surface area contributed by atoms with Gasteiger partial charge in [0, 0.05) is 24.6 Å². The topological polar surface area (TPSA) is 69.3 Å². The summed E-state index contributed by atoms with van der Waals surface area (Å²) in [5, 5.41) is 13.0. The van der Waals surface area contributed by atoms with E-state index in [0.717, 1.165) is 24.4 Å². The van der Waals surface area contributed by atoms with Gasteiger partial charge in [0.15, 0.2) is 0 Å². The van der Waals surface area contributed by atoms with Crippen molar-refractivity contribution in [1.82, 2.24) is 14.3 Å². The molecular weight excluding hydrogens is 306 g/mol. The predicted molar refractivity (Wildman–Crippen MR) is 89.8 cm³/mol. The third kappa shape index (κ3) is 3.65. The molecule has 0 saturated carbocycles. The van der Waals surface area contributed by atoms with E-state index in [2.05, 4.69) is 28.9 Å². The van der Waals surface area contributed by atoms with Gasteiger partial charge in [-0.3, -0.25) is 0 Å². The highest BCUT2D eigenvalue weighted by atomic mass is 16.5. The Morgan fingerprint density at radius 3 is 2.67 bits per heavy atom. The molecule has 0 bridgehead atoms. The van der Waals surface area contributed by atoms with Crippen LogP contribution in [0.1, 0.15) is 22.5 Å². The van der Waals surface area contributed by atoms with Gasteiger partial charge in [-0.1, -0.05) is 0 Å². The monoisotopic (exact) mass is 325 g/mol. The van der Waals surface area contributed by atoms with Crippen LogP contribution in [0, 0.1) is 6.92 Å². The molecule has 1 aromatic carbocycles. The quantitative estimate of drug-likeness (QED) is 0.678. The number of ether oxygens (including phenoxy) is 1. The number of aromatic carboxylic acids is 1. The van der Waals surface area contributed by atoms with E-state index in [1.165, 1.54) is 22.8 Å². The SMILES string of the molecule is Cc1cccn1CCCOc1ccc(-n2cc(C(=O)O)cn2)cc1. The van der Waals surface area contributed by atoms with Crippen LogP contribution in [0.3, 0.4) is 0 Å². The number of hydrogen-bond acceptors (Lipinski definition) is 3. The molecule has 3 rings (SSSR count). The van der Waals surface area contributed by atoms with E-state index in [-0.39, 0.29) is 5.56 Å². The van der Waals surface area contributed by atoms with Crippen molar-refractivity contribution >= 4 is 5.97 Å². The molecule has 0 aliphatic carbocycles. The molecular formula is C18H19N3O3. The lowest BCUT2D eigenvalue weighted by Crippen LogP contribution is -2.05. The van der Waals surface area contributed by atoms with E-state index in [9.17, 15) is 4.79 Å². The molecule has 0 amide bonds. The number of carboxylic acid groups (broad SMARTS) is 1. The minimum atomic E-state index is -0.987. The van der Waals surface area contributed by atoms with Crippen LogP contribution in [0.4, 0.5) is 0 Å². The maximum atomic E-state index is 10.9. The zero-order chi connectivity index (χ0) is 16.9. The van der Waals surface area contributed by atoms with Crippen LogP contribution in [0.25, 0.3) is 5.69 Å². The first-order valence-corrected chi connectivity index (χ1v) is 7.76. The third-order valence-electron chi connectivity index (χ3n) is 3.80. The zero-order valence-corrected chi connectivity index (χ0v) is 13.4. The van der Waals surface area contributed by atoms with Gasteiger partial charge in [0.25, 0.3) is 0 Å². The standard InChI is InChI=1S/C18H19N3O3/c1-14-4-2-9-20(14)10-3-11-24-17-7-5-16(6-8-17)21-13-15(12-19-21)18(22)23/h2,4-9,12-13H,3,10-11H2,1H3,(H,22,23). The summed E-state index contributed by atoms with van der Waals surface area (Å²) in [4.78, 5) is 10.9. The van der Waals surface area contributed by atoms with Crippen LogP contribution in [0.15, 0.2) is 55.0 Å². The molecule has 24 heavy (non-hydrogen) atoms. The number of aryl methyl sites for hydroxylation is 2. The van der Waals surface area contributed by atoms with Gasteiger partial charge in [-0.05, 0) is 49.7 Å². The van der Waals surface area contributed by atoms with Crippen molar-refractivity contribution in [3.63, 3.8) is 0 Å². The molecule has 0 saturated heterocycles. The number of aromatic nitrogens is 3. The fraction of sp³-hybridized carbons (Fsp3) is 0.222. The second-order valence-electron chi connectivity index (χ2n) is 5.52. The minimum Gasteiger partial charge on any atom is -0.494 e. The molecule has 0 fully saturated rings. The summed E-state index contributed by atoms with van der Waals surface area (Å²) >= 11 is 0. The average molecular weight is 325 g/mol. The molecule has 0 radical (unpaired) electrons. The van der Waals surface area contributed by atoms with Gasteiger partial charge in [-0.15, -0.1) is 0 Å². The Labute approximate surface area is 139 Å². The van der Waals surface area contributed by atoms with Crippen LogP contribution in [0.5, 0.6) is 5.75 Å². The normalized spacial score (nSPS) is 10.7. The molecule has 0 spiro atoms. The van der Waals surface area contributed by atoms with Gasteiger partial charge in [0.05, 0.1) is 24.1 Å². The van der Waals surface area contributed by atoms with Crippen LogP contribution < -0.4 is 4.74 Å². The Morgan fingerprint density at radius 2 is 2.04 bits per heavy atom. The first kappa shape index (κ1) is 15.9. The lowest BCUT2D eigenvalue weighted by Gasteiger charge is -2.09. The van der Waals surface area contributed by atoms with Crippen molar-refractivity contribution in [2.24, 2.45) is 0 Å². The number of carboxylic acids is 1. The van der Waals surface area contributed by atoms with E-state index < -0.39 is 5.97 Å². The highest BCUT2D eigenvalue weighted by Crippen LogP contribution is 2.16. The van der Waals surface area contributed by atoms with Gasteiger partial charge in [-0.2, -0.15) is 5.10 Å². The number of hydrogen-bond donors (Lipinski definition) is 1. The van der Waals surface area contributed by atoms with Crippen LogP contribution in [-0.2, 0) is 6.54 Å². The van der Waals surface area contributed by atoms with Crippen molar-refractivity contribution in [3.8, 4) is 11.4 Å². The van der Waals surface area contributed by atoms with E-state index in [1.807, 2.05) is 30.3 Å². The van der Waals surface area contributed by atoms with Crippen LogP contribution >= 0.6 is 0 Å². The Morgan fingerprint density at radius 1 is 1.25 bits per heavy atom. The molecule has 6 heteroatoms. The van der Waals surface area contributed by atoms with Crippen molar-refractivity contribution < 1.29 is 14.6 Å². The Balaban J connectivity index is 1.52. The van der Waals surface area contributed by atoms with Gasteiger partial charge < -0.3 is 14.4 Å². The molecule has 0 aliphatic heterocycles. The summed E-state index contributed by atoms with van der Waals surface area (Å²) in [6, 6.07) is 11.6. The summed E-state index contributed by atoms with van der Waals surface area (Å²) in [7, 11) is 0. The van der Waals surface area contributed by atoms with Crippen molar-refractivity contribution in [3.05, 3.63) is 66.2 Å². The van der Waals surface area contributed by atoms with Crippen molar-refractivity contribution in [2.45, 2.75) is 19.9 Å². The van der Waals surface area contributed by atoms with Gasteiger partial charge >= 0.3 is 5.97 Å². The summed E-state index contributed by atoms with van der Waals surface area (Å²) in [5.41, 5.74) is 2.20. The van der Waals surface area contributed by atoms with Crippen LogP contribution in [0.2, 0.25) is 0 Å². The summed E-state index contributed by atoms with van der Waals surface area (Å²) in [6.45, 7) is 3.66. The summed E-state index contributed by atoms with van der Waals surface area (Å²) < 4.78 is 9.47. The molecule has 1 N–H and O–H groups in total. The number of rotatable bonds is 7. The maximum Gasteiger partial charge on any atom is 0.338 e. The Hall–Kier alpha value is -3.02. The number of carbonyl (C=O) groups is 1. The molecule has 0 aliphatic rings. The van der Waals surface area contributed by atoms with Crippen molar-refractivity contribution in [2.75, 3.05) is 6.61 Å². The molecule has 0 atom stereocenters. The van der Waals surface area contributed by atoms with Crippen LogP contribution in [-0.4, -0.2) is 32.0 Å². The van der Waals surface area contributed by atoms with E-state index >= 15 is 0 Å². The third-order valence-corrected chi connectivity index (χ3v) is 3.80. The zero-order valence-electron chi connectivity index (χ0n) is 13.4. The molecule has 6 nitrogen and oxygen atoms in total. The fourth-order valence-electron chi connectivity index (χ4n) is 2.44. The molecule has 3 aromatic rings. The second-order valence-corrected chi connectivity index (χ2v) is 5.52. The average Bonchev–Trinajstić information content (AvgIpc) is 3.22. The molecule has 0 unspecified atom stereocenters. The second kappa shape index (κ2) is 7.04. The van der Waals surface area contributed by atoms with E-state index in [0.29, 0.717) is 6.61 Å². The van der Waals surface area contributed by atoms with Gasteiger partial charge in [-0.25, -0.2) is 9.48 Å². The largest absolute Gasteiger partial charge is 0.494 e. The Bertz CT molecular complexity index is 818. The molecule has 2 aromatic heterocycles. The van der Waals surface area contributed by atoms with E-state index in [4.69, 9.17) is 9.84 Å². The van der Waals surface area contributed by atoms with Gasteiger partial charge in [0.1, 0.15) is 5.75 Å². The minimum absolute atomic E-state index is 0.163. The first-order chi connectivity index (χ1) is 11.6. The number of benzene rings is 1. The molecule has 124 valence electrons. The van der Waals surface area contributed by atoms with Gasteiger partial charge in [0.2, 0.25) is 0 Å². The van der Waals surface area contributed by atoms with E-state index in [1.54, 1.807) is 0 Å². The lowest BCUT2D eigenvalue weighted by molar-refractivity contribution is 0.0697. The first-order valence-electron chi connectivity index (χ1n) is 7.76.